The lowest BCUT2D eigenvalue weighted by molar-refractivity contribution is 0.818. The van der Waals surface area contributed by atoms with Crippen molar-refractivity contribution >= 4 is 11.8 Å². The van der Waals surface area contributed by atoms with E-state index in [-0.39, 0.29) is 0 Å². The molecule has 0 amide bonds. The van der Waals surface area contributed by atoms with Crippen molar-refractivity contribution in [2.75, 3.05) is 18.8 Å². The van der Waals surface area contributed by atoms with Gasteiger partial charge in [0.1, 0.15) is 0 Å². The summed E-state index contributed by atoms with van der Waals surface area (Å²) < 4.78 is 0. The van der Waals surface area contributed by atoms with Gasteiger partial charge in [-0.3, -0.25) is 0 Å². The van der Waals surface area contributed by atoms with E-state index in [2.05, 4.69) is 35.5 Å². The summed E-state index contributed by atoms with van der Waals surface area (Å²) in [6, 6.07) is 10.5. The van der Waals surface area contributed by atoms with E-state index in [0.717, 1.165) is 18.1 Å². The van der Waals surface area contributed by atoms with Crippen LogP contribution in [0.15, 0.2) is 30.3 Å². The van der Waals surface area contributed by atoms with Gasteiger partial charge in [0.2, 0.25) is 0 Å². The van der Waals surface area contributed by atoms with Crippen molar-refractivity contribution in [1.29, 1.82) is 0 Å². The van der Waals surface area contributed by atoms with Crippen LogP contribution in [-0.4, -0.2) is 18.8 Å². The van der Waals surface area contributed by atoms with Crippen LogP contribution in [0.4, 0.5) is 0 Å². The van der Waals surface area contributed by atoms with Gasteiger partial charge >= 0.3 is 0 Å². The van der Waals surface area contributed by atoms with Crippen LogP contribution in [0, 0.1) is 12.3 Å². The molecule has 0 spiro atoms. The fourth-order valence-corrected chi connectivity index (χ4v) is 1.93. The third-order valence-electron chi connectivity index (χ3n) is 1.76. The first-order valence-corrected chi connectivity index (χ1v) is 5.85. The van der Waals surface area contributed by atoms with Crippen molar-refractivity contribution in [3.8, 4) is 12.3 Å². The molecule has 0 atom stereocenters. The molecule has 0 aliphatic rings. The Balaban J connectivity index is 2.03. The molecule has 0 unspecified atom stereocenters. The first kappa shape index (κ1) is 11.2. The smallest absolute Gasteiger partial charge is 0.0574 e. The summed E-state index contributed by atoms with van der Waals surface area (Å²) in [5, 5.41) is 3.16. The Kier molecular flexibility index (Phi) is 5.97. The van der Waals surface area contributed by atoms with Gasteiger partial charge in [0, 0.05) is 18.1 Å². The number of hydrogen-bond donors (Lipinski definition) is 1. The van der Waals surface area contributed by atoms with E-state index in [9.17, 15) is 0 Å². The molecule has 1 N–H and O–H groups in total. The zero-order valence-corrected chi connectivity index (χ0v) is 9.02. The van der Waals surface area contributed by atoms with E-state index >= 15 is 0 Å². The number of thioether (sulfide) groups is 1. The maximum absolute atomic E-state index is 5.12. The highest BCUT2D eigenvalue weighted by Gasteiger charge is 1.91. The van der Waals surface area contributed by atoms with Gasteiger partial charge in [-0.2, -0.15) is 11.8 Å². The predicted molar refractivity (Wildman–Crippen MR) is 64.3 cm³/mol. The Morgan fingerprint density at radius 2 is 2.07 bits per heavy atom. The van der Waals surface area contributed by atoms with Crippen LogP contribution in [-0.2, 0) is 5.75 Å². The van der Waals surface area contributed by atoms with Crippen LogP contribution in [0.2, 0.25) is 0 Å². The summed E-state index contributed by atoms with van der Waals surface area (Å²) >= 11 is 1.93. The topological polar surface area (TPSA) is 12.0 Å². The number of benzene rings is 1. The largest absolute Gasteiger partial charge is 0.305 e. The van der Waals surface area contributed by atoms with Crippen molar-refractivity contribution in [2.24, 2.45) is 0 Å². The van der Waals surface area contributed by atoms with E-state index < -0.39 is 0 Å². The maximum atomic E-state index is 5.12. The molecule has 74 valence electrons. The summed E-state index contributed by atoms with van der Waals surface area (Å²) in [6.07, 6.45) is 5.12. The minimum absolute atomic E-state index is 0.673. The normalized spacial score (nSPS) is 9.64. The molecule has 0 saturated carbocycles. The van der Waals surface area contributed by atoms with Crippen molar-refractivity contribution in [3.63, 3.8) is 0 Å². The lowest BCUT2D eigenvalue weighted by Gasteiger charge is -2.01. The van der Waals surface area contributed by atoms with Crippen LogP contribution in [0.25, 0.3) is 0 Å². The zero-order chi connectivity index (χ0) is 10.1. The minimum atomic E-state index is 0.673. The minimum Gasteiger partial charge on any atom is -0.305 e. The second kappa shape index (κ2) is 7.49. The summed E-state index contributed by atoms with van der Waals surface area (Å²) in [5.41, 5.74) is 1.38. The van der Waals surface area contributed by atoms with Gasteiger partial charge in [-0.05, 0) is 5.56 Å². The van der Waals surface area contributed by atoms with Gasteiger partial charge in [-0.1, -0.05) is 36.3 Å². The summed E-state index contributed by atoms with van der Waals surface area (Å²) in [6.45, 7) is 1.66. The van der Waals surface area contributed by atoms with Gasteiger partial charge < -0.3 is 5.32 Å². The molecule has 0 saturated heterocycles. The van der Waals surface area contributed by atoms with Gasteiger partial charge in [-0.15, -0.1) is 6.42 Å². The Morgan fingerprint density at radius 3 is 2.79 bits per heavy atom. The fourth-order valence-electron chi connectivity index (χ4n) is 1.07. The monoisotopic (exact) mass is 205 g/mol. The first-order chi connectivity index (χ1) is 6.93. The van der Waals surface area contributed by atoms with Gasteiger partial charge in [0.25, 0.3) is 0 Å². The number of hydrogen-bond acceptors (Lipinski definition) is 2. The molecule has 0 radical (unpaired) electrons. The Morgan fingerprint density at radius 1 is 1.29 bits per heavy atom. The van der Waals surface area contributed by atoms with Gasteiger partial charge in [0.15, 0.2) is 0 Å². The Hall–Kier alpha value is -0.910. The van der Waals surface area contributed by atoms with E-state index in [1.54, 1.807) is 0 Å². The summed E-state index contributed by atoms with van der Waals surface area (Å²) in [7, 11) is 0. The first-order valence-electron chi connectivity index (χ1n) is 4.69. The molecular weight excluding hydrogens is 190 g/mol. The van der Waals surface area contributed by atoms with Crippen molar-refractivity contribution < 1.29 is 0 Å². The predicted octanol–water partition coefficient (Wildman–Crippen LogP) is 2.14. The van der Waals surface area contributed by atoms with Crippen LogP contribution >= 0.6 is 11.8 Å². The lowest BCUT2D eigenvalue weighted by atomic mass is 10.2. The van der Waals surface area contributed by atoms with E-state index in [0.29, 0.717) is 6.54 Å². The van der Waals surface area contributed by atoms with Crippen molar-refractivity contribution in [3.05, 3.63) is 35.9 Å². The molecule has 0 heterocycles. The standard InChI is InChI=1S/C12H15NS/c1-2-8-13-9-10-14-11-12-6-4-3-5-7-12/h1,3-7,13H,8-11H2. The molecule has 1 rings (SSSR count). The van der Waals surface area contributed by atoms with E-state index in [1.807, 2.05) is 17.8 Å². The average Bonchev–Trinajstić information content (AvgIpc) is 2.25. The molecule has 14 heavy (non-hydrogen) atoms. The van der Waals surface area contributed by atoms with E-state index in [1.165, 1.54) is 5.56 Å². The lowest BCUT2D eigenvalue weighted by Crippen LogP contribution is -2.16. The van der Waals surface area contributed by atoms with Gasteiger partial charge in [-0.25, -0.2) is 0 Å². The quantitative estimate of drug-likeness (QED) is 0.564. The molecule has 0 fully saturated rings. The average molecular weight is 205 g/mol. The highest BCUT2D eigenvalue weighted by molar-refractivity contribution is 7.98. The fraction of sp³-hybridized carbons (Fsp3) is 0.333. The number of rotatable bonds is 6. The summed E-state index contributed by atoms with van der Waals surface area (Å²) in [4.78, 5) is 0. The summed E-state index contributed by atoms with van der Waals surface area (Å²) in [5.74, 6) is 4.75. The number of terminal acetylenes is 1. The van der Waals surface area contributed by atoms with Crippen LogP contribution in [0.3, 0.4) is 0 Å². The SMILES string of the molecule is C#CCNCCSCc1ccccc1. The Labute approximate surface area is 90.3 Å². The Bertz CT molecular complexity index is 276. The van der Waals surface area contributed by atoms with E-state index in [4.69, 9.17) is 6.42 Å². The molecule has 1 aromatic rings. The highest BCUT2D eigenvalue weighted by Crippen LogP contribution is 2.10. The second-order valence-corrected chi connectivity index (χ2v) is 4.02. The molecule has 0 bridgehead atoms. The maximum Gasteiger partial charge on any atom is 0.0574 e. The molecule has 0 aliphatic carbocycles. The van der Waals surface area contributed by atoms with Crippen LogP contribution in [0.1, 0.15) is 5.56 Å². The van der Waals surface area contributed by atoms with Crippen molar-refractivity contribution in [2.45, 2.75) is 5.75 Å². The molecular formula is C12H15NS. The van der Waals surface area contributed by atoms with Crippen LogP contribution in [0.5, 0.6) is 0 Å². The zero-order valence-electron chi connectivity index (χ0n) is 8.20. The third-order valence-corrected chi connectivity index (χ3v) is 2.79. The van der Waals surface area contributed by atoms with Crippen LogP contribution < -0.4 is 5.32 Å². The molecule has 1 aromatic carbocycles. The molecule has 0 aromatic heterocycles. The second-order valence-electron chi connectivity index (χ2n) is 2.92. The van der Waals surface area contributed by atoms with Crippen molar-refractivity contribution in [1.82, 2.24) is 5.32 Å². The highest BCUT2D eigenvalue weighted by atomic mass is 32.2. The third kappa shape index (κ3) is 4.96. The number of nitrogens with one attached hydrogen (secondary N) is 1. The molecule has 1 nitrogen and oxygen atoms in total. The molecule has 2 heteroatoms. The molecule has 0 aliphatic heterocycles. The van der Waals surface area contributed by atoms with Gasteiger partial charge in [0.05, 0.1) is 6.54 Å².